The molecule has 0 aliphatic carbocycles. The first-order valence-corrected chi connectivity index (χ1v) is 9.82. The van der Waals surface area contributed by atoms with Crippen molar-refractivity contribution in [3.05, 3.63) is 48.7 Å². The third kappa shape index (κ3) is 4.93. The molecule has 0 bridgehead atoms. The first-order chi connectivity index (χ1) is 14.6. The third-order valence-electron chi connectivity index (χ3n) is 5.00. The lowest BCUT2D eigenvalue weighted by Crippen LogP contribution is -2.38. The van der Waals surface area contributed by atoms with E-state index in [9.17, 15) is 9.59 Å². The molecule has 3 aromatic rings. The summed E-state index contributed by atoms with van der Waals surface area (Å²) in [5, 5.41) is 13.9. The molecule has 0 unspecified atom stereocenters. The first kappa shape index (κ1) is 19.8. The molecule has 1 aliphatic heterocycles. The molecule has 2 N–H and O–H groups in total. The van der Waals surface area contributed by atoms with E-state index in [1.54, 1.807) is 42.9 Å². The van der Waals surface area contributed by atoms with Crippen molar-refractivity contribution < 1.29 is 18.4 Å². The normalized spacial score (nSPS) is 15.1. The standard InChI is InChI=1S/C21H23N5O4/c1-14(27)22-17-2-4-18(5-3-17)23-19(28)12-26-9-6-15(7-10-26)20-24-25-21(30-20)16-8-11-29-13-16/h2-5,8,11,13,15H,6-7,9-10,12H2,1H3,(H,22,27)(H,23,28). The highest BCUT2D eigenvalue weighted by Crippen LogP contribution is 2.29. The van der Waals surface area contributed by atoms with Gasteiger partial charge >= 0.3 is 0 Å². The van der Waals surface area contributed by atoms with Crippen molar-refractivity contribution in [3.8, 4) is 11.5 Å². The summed E-state index contributed by atoms with van der Waals surface area (Å²) in [5.74, 6) is 1.09. The zero-order valence-corrected chi connectivity index (χ0v) is 16.6. The Morgan fingerprint density at radius 1 is 1.07 bits per heavy atom. The van der Waals surface area contributed by atoms with E-state index in [4.69, 9.17) is 8.83 Å². The lowest BCUT2D eigenvalue weighted by molar-refractivity contribution is -0.117. The maximum absolute atomic E-state index is 12.4. The summed E-state index contributed by atoms with van der Waals surface area (Å²) in [6.07, 6.45) is 4.85. The predicted molar refractivity (Wildman–Crippen MR) is 110 cm³/mol. The van der Waals surface area contributed by atoms with E-state index < -0.39 is 0 Å². The van der Waals surface area contributed by atoms with Crippen LogP contribution in [-0.4, -0.2) is 46.5 Å². The first-order valence-electron chi connectivity index (χ1n) is 9.82. The summed E-state index contributed by atoms with van der Waals surface area (Å²) in [4.78, 5) is 25.5. The van der Waals surface area contributed by atoms with Gasteiger partial charge in [0.25, 0.3) is 5.89 Å². The summed E-state index contributed by atoms with van der Waals surface area (Å²) in [6, 6.07) is 8.83. The molecule has 4 rings (SSSR count). The van der Waals surface area contributed by atoms with Gasteiger partial charge in [0.05, 0.1) is 18.4 Å². The number of carbonyl (C=O) groups excluding carboxylic acids is 2. The van der Waals surface area contributed by atoms with Crippen LogP contribution in [0.1, 0.15) is 31.6 Å². The van der Waals surface area contributed by atoms with Crippen LogP contribution >= 0.6 is 0 Å². The molecule has 156 valence electrons. The third-order valence-corrected chi connectivity index (χ3v) is 5.00. The van der Waals surface area contributed by atoms with Crippen molar-refractivity contribution in [2.24, 2.45) is 0 Å². The number of piperidine rings is 1. The van der Waals surface area contributed by atoms with Crippen LogP contribution in [0.3, 0.4) is 0 Å². The number of aromatic nitrogens is 2. The number of hydrogen-bond donors (Lipinski definition) is 2. The van der Waals surface area contributed by atoms with Crippen LogP contribution in [0.2, 0.25) is 0 Å². The van der Waals surface area contributed by atoms with Gasteiger partial charge in [0.2, 0.25) is 17.7 Å². The Morgan fingerprint density at radius 2 is 1.77 bits per heavy atom. The monoisotopic (exact) mass is 409 g/mol. The van der Waals surface area contributed by atoms with Crippen molar-refractivity contribution in [1.82, 2.24) is 15.1 Å². The van der Waals surface area contributed by atoms with E-state index in [0.29, 0.717) is 29.7 Å². The number of likely N-dealkylation sites (tertiary alicyclic amines) is 1. The number of nitrogens with zero attached hydrogens (tertiary/aromatic N) is 3. The van der Waals surface area contributed by atoms with Crippen molar-refractivity contribution in [2.45, 2.75) is 25.7 Å². The molecule has 0 saturated carbocycles. The maximum atomic E-state index is 12.4. The average molecular weight is 409 g/mol. The van der Waals surface area contributed by atoms with E-state index in [2.05, 4.69) is 25.7 Å². The van der Waals surface area contributed by atoms with Crippen LogP contribution in [0.5, 0.6) is 0 Å². The van der Waals surface area contributed by atoms with Gasteiger partial charge in [0, 0.05) is 24.2 Å². The van der Waals surface area contributed by atoms with E-state index >= 15 is 0 Å². The molecule has 9 heteroatoms. The number of furan rings is 1. The molecule has 0 atom stereocenters. The topological polar surface area (TPSA) is 114 Å². The van der Waals surface area contributed by atoms with Crippen LogP contribution in [-0.2, 0) is 9.59 Å². The van der Waals surface area contributed by atoms with E-state index in [0.717, 1.165) is 31.5 Å². The molecule has 1 fully saturated rings. The minimum atomic E-state index is -0.131. The highest BCUT2D eigenvalue weighted by atomic mass is 16.4. The van der Waals surface area contributed by atoms with Crippen LogP contribution in [0, 0.1) is 0 Å². The number of carbonyl (C=O) groups is 2. The van der Waals surface area contributed by atoms with E-state index in [1.165, 1.54) is 6.92 Å². The van der Waals surface area contributed by atoms with Gasteiger partial charge in [-0.15, -0.1) is 10.2 Å². The number of rotatable bonds is 6. The van der Waals surface area contributed by atoms with Crippen LogP contribution in [0.25, 0.3) is 11.5 Å². The molecular weight excluding hydrogens is 386 g/mol. The molecule has 1 aromatic carbocycles. The zero-order chi connectivity index (χ0) is 20.9. The molecular formula is C21H23N5O4. The number of hydrogen-bond acceptors (Lipinski definition) is 7. The van der Waals surface area contributed by atoms with Gasteiger partial charge in [-0.1, -0.05) is 0 Å². The summed E-state index contributed by atoms with van der Waals surface area (Å²) >= 11 is 0. The highest BCUT2D eigenvalue weighted by Gasteiger charge is 2.26. The average Bonchev–Trinajstić information content (AvgIpc) is 3.41. The van der Waals surface area contributed by atoms with Gasteiger partial charge in [-0.2, -0.15) is 0 Å². The Morgan fingerprint density at radius 3 is 2.40 bits per heavy atom. The summed E-state index contributed by atoms with van der Waals surface area (Å²) in [6.45, 7) is 3.34. The molecule has 9 nitrogen and oxygen atoms in total. The zero-order valence-electron chi connectivity index (χ0n) is 16.6. The number of nitrogens with one attached hydrogen (secondary N) is 2. The fourth-order valence-electron chi connectivity index (χ4n) is 3.48. The SMILES string of the molecule is CC(=O)Nc1ccc(NC(=O)CN2CCC(c3nnc(-c4ccoc4)o3)CC2)cc1. The Kier molecular flexibility index (Phi) is 5.89. The number of benzene rings is 1. The van der Waals surface area contributed by atoms with Gasteiger partial charge in [0.1, 0.15) is 6.26 Å². The molecule has 3 heterocycles. The molecule has 2 aromatic heterocycles. The van der Waals surface area contributed by atoms with E-state index in [-0.39, 0.29) is 17.7 Å². The fourth-order valence-corrected chi connectivity index (χ4v) is 3.48. The number of amides is 2. The summed E-state index contributed by atoms with van der Waals surface area (Å²) in [5.41, 5.74) is 2.16. The van der Waals surface area contributed by atoms with Crippen LogP contribution in [0.4, 0.5) is 11.4 Å². The molecule has 0 spiro atoms. The second kappa shape index (κ2) is 8.91. The maximum Gasteiger partial charge on any atom is 0.250 e. The highest BCUT2D eigenvalue weighted by molar-refractivity contribution is 5.93. The van der Waals surface area contributed by atoms with E-state index in [1.807, 2.05) is 0 Å². The van der Waals surface area contributed by atoms with Gasteiger partial charge in [-0.25, -0.2) is 0 Å². The molecule has 30 heavy (non-hydrogen) atoms. The Labute approximate surface area is 173 Å². The second-order valence-corrected chi connectivity index (χ2v) is 7.31. The van der Waals surface area contributed by atoms with Crippen molar-refractivity contribution in [3.63, 3.8) is 0 Å². The Hall–Kier alpha value is -3.46. The summed E-state index contributed by atoms with van der Waals surface area (Å²) < 4.78 is 10.8. The van der Waals surface area contributed by atoms with Crippen molar-refractivity contribution in [2.75, 3.05) is 30.3 Å². The van der Waals surface area contributed by atoms with Crippen LogP contribution in [0.15, 0.2) is 51.7 Å². The largest absolute Gasteiger partial charge is 0.472 e. The van der Waals surface area contributed by atoms with Gasteiger partial charge in [0.15, 0.2) is 0 Å². The summed E-state index contributed by atoms with van der Waals surface area (Å²) in [7, 11) is 0. The van der Waals surface area contributed by atoms with Gasteiger partial charge in [-0.3, -0.25) is 14.5 Å². The smallest absolute Gasteiger partial charge is 0.250 e. The number of anilines is 2. The molecule has 1 aliphatic rings. The second-order valence-electron chi connectivity index (χ2n) is 7.31. The van der Waals surface area contributed by atoms with Crippen LogP contribution < -0.4 is 10.6 Å². The van der Waals surface area contributed by atoms with Crippen molar-refractivity contribution in [1.29, 1.82) is 0 Å². The predicted octanol–water partition coefficient (Wildman–Crippen LogP) is 3.11. The molecule has 0 radical (unpaired) electrons. The van der Waals surface area contributed by atoms with Crippen molar-refractivity contribution >= 4 is 23.2 Å². The Bertz CT molecular complexity index is 989. The van der Waals surface area contributed by atoms with Gasteiger partial charge in [-0.05, 0) is 56.3 Å². The quantitative estimate of drug-likeness (QED) is 0.643. The van der Waals surface area contributed by atoms with Gasteiger partial charge < -0.3 is 19.5 Å². The lowest BCUT2D eigenvalue weighted by atomic mass is 9.97. The fraction of sp³-hybridized carbons (Fsp3) is 0.333. The minimum absolute atomic E-state index is 0.0687. The minimum Gasteiger partial charge on any atom is -0.472 e. The lowest BCUT2D eigenvalue weighted by Gasteiger charge is -2.29. The molecule has 1 saturated heterocycles. The molecule has 2 amide bonds. The Balaban J connectivity index is 1.24.